The van der Waals surface area contributed by atoms with Gasteiger partial charge in [0.2, 0.25) is 0 Å². The third-order valence-electron chi connectivity index (χ3n) is 9.41. The first kappa shape index (κ1) is 26.4. The molecule has 9 aromatic carbocycles. The van der Waals surface area contributed by atoms with Crippen molar-refractivity contribution in [2.24, 2.45) is 0 Å². The first-order valence-electron chi connectivity index (χ1n) is 15.9. The van der Waals surface area contributed by atoms with Crippen LogP contribution in [0.3, 0.4) is 0 Å². The van der Waals surface area contributed by atoms with Gasteiger partial charge in [-0.25, -0.2) is 0 Å². The summed E-state index contributed by atoms with van der Waals surface area (Å²) >= 11 is 0. The topological polar surface area (TPSA) is 0 Å². The zero-order valence-corrected chi connectivity index (χ0v) is 25.3. The van der Waals surface area contributed by atoms with Gasteiger partial charge in [-0.15, -0.1) is 0 Å². The molecule has 0 aromatic heterocycles. The lowest BCUT2D eigenvalue weighted by Gasteiger charge is -2.20. The van der Waals surface area contributed by atoms with Crippen molar-refractivity contribution < 1.29 is 0 Å². The van der Waals surface area contributed by atoms with Crippen LogP contribution >= 0.6 is 0 Å². The van der Waals surface area contributed by atoms with Crippen molar-refractivity contribution in [2.75, 3.05) is 0 Å². The van der Waals surface area contributed by atoms with Gasteiger partial charge < -0.3 is 0 Å². The molecule has 0 radical (unpaired) electrons. The van der Waals surface area contributed by atoms with Crippen molar-refractivity contribution in [2.45, 2.75) is 0 Å². The zero-order chi connectivity index (χ0) is 30.5. The summed E-state index contributed by atoms with van der Waals surface area (Å²) in [4.78, 5) is 0. The highest BCUT2D eigenvalue weighted by Gasteiger charge is 2.19. The van der Waals surface area contributed by atoms with E-state index in [0.29, 0.717) is 0 Å². The fourth-order valence-electron chi connectivity index (χ4n) is 7.32. The van der Waals surface area contributed by atoms with Crippen LogP contribution in [0.25, 0.3) is 87.6 Å². The van der Waals surface area contributed by atoms with Gasteiger partial charge in [0.1, 0.15) is 0 Å². The van der Waals surface area contributed by atoms with E-state index < -0.39 is 0 Å². The molecule has 0 aliphatic heterocycles. The minimum absolute atomic E-state index is 1.23. The number of fused-ring (bicyclic) bond motifs is 5. The summed E-state index contributed by atoms with van der Waals surface area (Å²) in [6.07, 6.45) is 0. The molecule has 0 spiro atoms. The first-order chi connectivity index (χ1) is 22.8. The Hall–Kier alpha value is -5.98. The molecule has 0 unspecified atom stereocenters. The molecule has 0 heteroatoms. The predicted molar refractivity (Wildman–Crippen MR) is 198 cm³/mol. The van der Waals surface area contributed by atoms with Crippen molar-refractivity contribution in [3.8, 4) is 44.5 Å². The molecule has 0 aliphatic carbocycles. The lowest BCUT2D eigenvalue weighted by atomic mass is 9.83. The fraction of sp³-hybridized carbons (Fsp3) is 0. The summed E-state index contributed by atoms with van der Waals surface area (Å²) in [5.41, 5.74) is 9.97. The second-order valence-corrected chi connectivity index (χ2v) is 12.1. The molecule has 9 aromatic rings. The Labute approximate surface area is 268 Å². The lowest BCUT2D eigenvalue weighted by molar-refractivity contribution is 1.64. The van der Waals surface area contributed by atoms with E-state index in [1.54, 1.807) is 0 Å². The Morgan fingerprint density at radius 2 is 0.674 bits per heavy atom. The van der Waals surface area contributed by atoms with Crippen molar-refractivity contribution in [1.29, 1.82) is 0 Å². The molecule has 46 heavy (non-hydrogen) atoms. The largest absolute Gasteiger partial charge is 0.0622 e. The normalized spacial score (nSPS) is 11.5. The van der Waals surface area contributed by atoms with Crippen LogP contribution in [-0.2, 0) is 0 Å². The van der Waals surface area contributed by atoms with E-state index in [1.165, 1.54) is 87.6 Å². The molecule has 0 bridgehead atoms. The Bertz CT molecular complexity index is 2530. The third kappa shape index (κ3) is 4.30. The van der Waals surface area contributed by atoms with Gasteiger partial charge in [-0.2, -0.15) is 0 Å². The fourth-order valence-corrected chi connectivity index (χ4v) is 7.32. The lowest BCUT2D eigenvalue weighted by Crippen LogP contribution is -1.93. The maximum atomic E-state index is 2.48. The molecule has 0 fully saturated rings. The minimum Gasteiger partial charge on any atom is -0.0622 e. The Kier molecular flexibility index (Phi) is 6.25. The highest BCUT2D eigenvalue weighted by Crippen LogP contribution is 2.47. The molecule has 0 N–H and O–H groups in total. The molecular formula is C46H30. The van der Waals surface area contributed by atoms with Gasteiger partial charge in [-0.05, 0) is 112 Å². The van der Waals surface area contributed by atoms with Gasteiger partial charge in [0, 0.05) is 0 Å². The first-order valence-corrected chi connectivity index (χ1v) is 15.9. The molecule has 0 saturated carbocycles. The van der Waals surface area contributed by atoms with Crippen LogP contribution < -0.4 is 0 Å². The average molecular weight is 583 g/mol. The van der Waals surface area contributed by atoms with E-state index in [4.69, 9.17) is 0 Å². The molecule has 0 saturated heterocycles. The summed E-state index contributed by atoms with van der Waals surface area (Å²) < 4.78 is 0. The molecule has 0 aliphatic rings. The maximum Gasteiger partial charge on any atom is -0.00261 e. The zero-order valence-electron chi connectivity index (χ0n) is 25.3. The van der Waals surface area contributed by atoms with Crippen molar-refractivity contribution in [1.82, 2.24) is 0 Å². The van der Waals surface area contributed by atoms with Crippen LogP contribution in [-0.4, -0.2) is 0 Å². The van der Waals surface area contributed by atoms with Crippen LogP contribution in [0.4, 0.5) is 0 Å². The summed E-state index contributed by atoms with van der Waals surface area (Å²) in [5, 5.41) is 10.1. The summed E-state index contributed by atoms with van der Waals surface area (Å²) in [5.74, 6) is 0. The highest BCUT2D eigenvalue weighted by atomic mass is 14.2. The van der Waals surface area contributed by atoms with E-state index in [2.05, 4.69) is 182 Å². The molecule has 0 nitrogen and oxygen atoms in total. The van der Waals surface area contributed by atoms with Crippen molar-refractivity contribution in [3.63, 3.8) is 0 Å². The van der Waals surface area contributed by atoms with E-state index in [-0.39, 0.29) is 0 Å². The van der Waals surface area contributed by atoms with E-state index in [1.807, 2.05) is 0 Å². The highest BCUT2D eigenvalue weighted by molar-refractivity contribution is 6.27. The van der Waals surface area contributed by atoms with E-state index in [0.717, 1.165) is 0 Å². The monoisotopic (exact) mass is 582 g/mol. The Morgan fingerprint density at radius 3 is 1.22 bits per heavy atom. The quantitative estimate of drug-likeness (QED) is 0.143. The van der Waals surface area contributed by atoms with Crippen molar-refractivity contribution in [3.05, 3.63) is 182 Å². The number of benzene rings is 9. The van der Waals surface area contributed by atoms with Crippen molar-refractivity contribution >= 4 is 43.1 Å². The van der Waals surface area contributed by atoms with Gasteiger partial charge in [-0.1, -0.05) is 158 Å². The molecular weight excluding hydrogens is 553 g/mol. The number of hydrogen-bond donors (Lipinski definition) is 0. The second-order valence-electron chi connectivity index (χ2n) is 12.1. The number of rotatable bonds is 4. The molecule has 0 amide bonds. The average Bonchev–Trinajstić information content (AvgIpc) is 3.14. The molecule has 214 valence electrons. The summed E-state index contributed by atoms with van der Waals surface area (Å²) in [6, 6.07) is 66.6. The Morgan fingerprint density at radius 1 is 0.217 bits per heavy atom. The maximum absolute atomic E-state index is 2.48. The van der Waals surface area contributed by atoms with Gasteiger partial charge in [0.25, 0.3) is 0 Å². The SMILES string of the molecule is c1ccc(-c2ccc3cc(-c4ccccc4)c4cc5c(-c6ccccc6)c6ccccc6c(-c6ccccc6)c5cc4c3c2)cc1. The predicted octanol–water partition coefficient (Wildman–Crippen LogP) is 13.0. The Balaban J connectivity index is 1.51. The summed E-state index contributed by atoms with van der Waals surface area (Å²) in [7, 11) is 0. The van der Waals surface area contributed by atoms with Crippen LogP contribution in [0, 0.1) is 0 Å². The second kappa shape index (κ2) is 10.9. The van der Waals surface area contributed by atoms with Crippen LogP contribution in [0.5, 0.6) is 0 Å². The third-order valence-corrected chi connectivity index (χ3v) is 9.41. The van der Waals surface area contributed by atoms with Crippen LogP contribution in [0.15, 0.2) is 182 Å². The molecule has 9 rings (SSSR count). The standard InChI is InChI=1S/C46H30/c1-5-15-31(16-6-1)35-25-26-36-28-39(32-17-7-2-8-18-32)41-29-43-44(30-42(41)40(36)27-35)46(34-21-11-4-12-22-34)38-24-14-13-23-37(38)45(43)33-19-9-3-10-20-33/h1-30H. The molecule has 0 atom stereocenters. The van der Waals surface area contributed by atoms with E-state index >= 15 is 0 Å². The smallest absolute Gasteiger partial charge is 0.00261 e. The van der Waals surface area contributed by atoms with Crippen LogP contribution in [0.2, 0.25) is 0 Å². The van der Waals surface area contributed by atoms with E-state index in [9.17, 15) is 0 Å². The minimum atomic E-state index is 1.23. The van der Waals surface area contributed by atoms with Gasteiger partial charge in [0.05, 0.1) is 0 Å². The van der Waals surface area contributed by atoms with Crippen LogP contribution in [0.1, 0.15) is 0 Å². The summed E-state index contributed by atoms with van der Waals surface area (Å²) in [6.45, 7) is 0. The number of hydrogen-bond acceptors (Lipinski definition) is 0. The van der Waals surface area contributed by atoms with Gasteiger partial charge in [-0.3, -0.25) is 0 Å². The molecule has 0 heterocycles. The van der Waals surface area contributed by atoms with Gasteiger partial charge >= 0.3 is 0 Å². The van der Waals surface area contributed by atoms with Gasteiger partial charge in [0.15, 0.2) is 0 Å².